The number of nitrogens with two attached hydrogens (primary N) is 1. The molecule has 0 spiro atoms. The SMILES string of the molecule is Nc1ccn2ncc(C(=O)On3nnc4cccnc43)c2n1. The molecular formula is C12H8N8O2. The summed E-state index contributed by atoms with van der Waals surface area (Å²) in [4.78, 5) is 26.5. The van der Waals surface area contributed by atoms with Gasteiger partial charge in [0.25, 0.3) is 0 Å². The normalized spacial score (nSPS) is 11.1. The Morgan fingerprint density at radius 1 is 1.27 bits per heavy atom. The average molecular weight is 296 g/mol. The van der Waals surface area contributed by atoms with Gasteiger partial charge in [0.2, 0.25) is 5.65 Å². The van der Waals surface area contributed by atoms with Gasteiger partial charge in [-0.15, -0.1) is 5.10 Å². The van der Waals surface area contributed by atoms with E-state index >= 15 is 0 Å². The number of pyridine rings is 1. The number of carbonyl (C=O) groups excluding carboxylic acids is 1. The fraction of sp³-hybridized carbons (Fsp3) is 0. The predicted octanol–water partition coefficient (Wildman–Crippen LogP) is -0.280. The van der Waals surface area contributed by atoms with Crippen molar-refractivity contribution in [1.29, 1.82) is 0 Å². The van der Waals surface area contributed by atoms with Crippen LogP contribution in [0.4, 0.5) is 5.82 Å². The first-order chi connectivity index (χ1) is 10.7. The van der Waals surface area contributed by atoms with E-state index < -0.39 is 5.97 Å². The minimum atomic E-state index is -0.689. The zero-order valence-corrected chi connectivity index (χ0v) is 11.0. The lowest BCUT2D eigenvalue weighted by atomic mass is 10.3. The number of hydrogen-bond acceptors (Lipinski definition) is 8. The number of hydrogen-bond donors (Lipinski definition) is 1. The van der Waals surface area contributed by atoms with Crippen LogP contribution in [-0.2, 0) is 0 Å². The minimum absolute atomic E-state index is 0.159. The third kappa shape index (κ3) is 1.82. The molecular weight excluding hydrogens is 288 g/mol. The molecule has 0 fully saturated rings. The van der Waals surface area contributed by atoms with E-state index in [0.717, 1.165) is 4.85 Å². The van der Waals surface area contributed by atoms with Crippen molar-refractivity contribution in [2.24, 2.45) is 0 Å². The molecule has 4 rings (SSSR count). The molecule has 2 N–H and O–H groups in total. The van der Waals surface area contributed by atoms with E-state index in [4.69, 9.17) is 10.6 Å². The van der Waals surface area contributed by atoms with Crippen molar-refractivity contribution >= 4 is 28.6 Å². The van der Waals surface area contributed by atoms with Gasteiger partial charge in [-0.25, -0.2) is 19.3 Å². The highest BCUT2D eigenvalue weighted by atomic mass is 16.7. The first kappa shape index (κ1) is 12.2. The number of carbonyl (C=O) groups is 1. The molecule has 10 nitrogen and oxygen atoms in total. The van der Waals surface area contributed by atoms with Crippen LogP contribution in [0.15, 0.2) is 36.8 Å². The summed E-state index contributed by atoms with van der Waals surface area (Å²) in [5.41, 5.74) is 6.92. The van der Waals surface area contributed by atoms with E-state index in [1.807, 2.05) is 0 Å². The van der Waals surface area contributed by atoms with Crippen molar-refractivity contribution in [2.75, 3.05) is 5.73 Å². The minimum Gasteiger partial charge on any atom is -0.384 e. The quantitative estimate of drug-likeness (QED) is 0.500. The Morgan fingerprint density at radius 2 is 2.18 bits per heavy atom. The summed E-state index contributed by atoms with van der Waals surface area (Å²) in [5.74, 6) is -0.416. The van der Waals surface area contributed by atoms with E-state index in [0.29, 0.717) is 16.8 Å². The number of rotatable bonds is 2. The van der Waals surface area contributed by atoms with Gasteiger partial charge in [0.1, 0.15) is 16.9 Å². The van der Waals surface area contributed by atoms with Gasteiger partial charge < -0.3 is 10.6 Å². The Hall–Kier alpha value is -3.56. The number of aromatic nitrogens is 7. The van der Waals surface area contributed by atoms with Crippen LogP contribution in [-0.4, -0.2) is 40.7 Å². The molecule has 4 aromatic heterocycles. The van der Waals surface area contributed by atoms with E-state index in [2.05, 4.69) is 25.4 Å². The van der Waals surface area contributed by atoms with Crippen LogP contribution in [0.3, 0.4) is 0 Å². The predicted molar refractivity (Wildman–Crippen MR) is 73.6 cm³/mol. The third-order valence-corrected chi connectivity index (χ3v) is 2.96. The lowest BCUT2D eigenvalue weighted by Crippen LogP contribution is -2.21. The maximum absolute atomic E-state index is 12.3. The fourth-order valence-electron chi connectivity index (χ4n) is 1.96. The van der Waals surface area contributed by atoms with Gasteiger partial charge in [-0.1, -0.05) is 0 Å². The van der Waals surface area contributed by atoms with Crippen LogP contribution in [0.25, 0.3) is 16.8 Å². The Morgan fingerprint density at radius 3 is 3.09 bits per heavy atom. The van der Waals surface area contributed by atoms with Crippen molar-refractivity contribution in [3.8, 4) is 0 Å². The molecule has 10 heteroatoms. The second-order valence-corrected chi connectivity index (χ2v) is 4.37. The zero-order valence-electron chi connectivity index (χ0n) is 11.0. The van der Waals surface area contributed by atoms with Crippen LogP contribution in [0.1, 0.15) is 10.4 Å². The highest BCUT2D eigenvalue weighted by Crippen LogP contribution is 2.11. The molecule has 0 aromatic carbocycles. The van der Waals surface area contributed by atoms with Crippen molar-refractivity contribution < 1.29 is 9.63 Å². The highest BCUT2D eigenvalue weighted by Gasteiger charge is 2.19. The number of nitrogen functional groups attached to an aromatic ring is 1. The van der Waals surface area contributed by atoms with Gasteiger partial charge in [0.15, 0.2) is 5.65 Å². The molecule has 4 heterocycles. The summed E-state index contributed by atoms with van der Waals surface area (Å²) >= 11 is 0. The Balaban J connectivity index is 1.73. The standard InChI is InChI=1S/C12H8N8O2/c13-9-3-5-19-10(16-9)7(6-15-19)12(21)22-20-11-8(17-18-20)2-1-4-14-11/h1-6H,(H2,13,16). The molecule has 0 amide bonds. The van der Waals surface area contributed by atoms with Crippen molar-refractivity contribution in [3.05, 3.63) is 42.4 Å². The lowest BCUT2D eigenvalue weighted by Gasteiger charge is -2.01. The van der Waals surface area contributed by atoms with Gasteiger partial charge in [0.05, 0.1) is 6.20 Å². The van der Waals surface area contributed by atoms with Crippen molar-refractivity contribution in [1.82, 2.24) is 34.7 Å². The molecule has 0 aliphatic carbocycles. The molecule has 4 aromatic rings. The summed E-state index contributed by atoms with van der Waals surface area (Å²) in [6, 6.07) is 4.99. The largest absolute Gasteiger partial charge is 0.384 e. The molecule has 0 saturated carbocycles. The second kappa shape index (κ2) is 4.48. The fourth-order valence-corrected chi connectivity index (χ4v) is 1.96. The van der Waals surface area contributed by atoms with Gasteiger partial charge in [-0.2, -0.15) is 5.10 Å². The first-order valence-corrected chi connectivity index (χ1v) is 6.21. The zero-order chi connectivity index (χ0) is 15.1. The molecule has 108 valence electrons. The molecule has 0 unspecified atom stereocenters. The smallest absolute Gasteiger partial charge is 0.371 e. The third-order valence-electron chi connectivity index (χ3n) is 2.96. The maximum atomic E-state index is 12.3. The van der Waals surface area contributed by atoms with Gasteiger partial charge >= 0.3 is 5.97 Å². The Bertz CT molecular complexity index is 1000. The Labute approximate surface area is 122 Å². The number of fused-ring (bicyclic) bond motifs is 2. The van der Waals surface area contributed by atoms with Crippen LogP contribution < -0.4 is 10.6 Å². The van der Waals surface area contributed by atoms with Gasteiger partial charge in [-0.3, -0.25) is 0 Å². The highest BCUT2D eigenvalue weighted by molar-refractivity contribution is 5.96. The van der Waals surface area contributed by atoms with E-state index in [1.54, 1.807) is 30.6 Å². The van der Waals surface area contributed by atoms with Crippen molar-refractivity contribution in [2.45, 2.75) is 0 Å². The summed E-state index contributed by atoms with van der Waals surface area (Å²) < 4.78 is 1.42. The molecule has 0 aliphatic rings. The Kier molecular flexibility index (Phi) is 2.48. The molecule has 22 heavy (non-hydrogen) atoms. The lowest BCUT2D eigenvalue weighted by molar-refractivity contribution is 0.0407. The van der Waals surface area contributed by atoms with Crippen LogP contribution >= 0.6 is 0 Å². The van der Waals surface area contributed by atoms with Gasteiger partial charge in [-0.05, 0) is 28.3 Å². The molecule has 0 radical (unpaired) electrons. The number of anilines is 1. The van der Waals surface area contributed by atoms with E-state index in [9.17, 15) is 4.79 Å². The topological polar surface area (TPSA) is 126 Å². The maximum Gasteiger partial charge on any atom is 0.371 e. The first-order valence-electron chi connectivity index (χ1n) is 6.21. The van der Waals surface area contributed by atoms with Crippen LogP contribution in [0.5, 0.6) is 0 Å². The molecule has 0 saturated heterocycles. The molecule has 0 aliphatic heterocycles. The van der Waals surface area contributed by atoms with Crippen LogP contribution in [0, 0.1) is 0 Å². The van der Waals surface area contributed by atoms with E-state index in [1.165, 1.54) is 10.7 Å². The second-order valence-electron chi connectivity index (χ2n) is 4.37. The summed E-state index contributed by atoms with van der Waals surface area (Å²) in [5, 5.41) is 11.6. The summed E-state index contributed by atoms with van der Waals surface area (Å²) in [7, 11) is 0. The van der Waals surface area contributed by atoms with Crippen molar-refractivity contribution in [3.63, 3.8) is 0 Å². The average Bonchev–Trinajstić information content (AvgIpc) is 3.11. The number of nitrogens with zero attached hydrogens (tertiary/aromatic N) is 7. The summed E-state index contributed by atoms with van der Waals surface area (Å²) in [6.45, 7) is 0. The van der Waals surface area contributed by atoms with Gasteiger partial charge in [0, 0.05) is 12.4 Å². The van der Waals surface area contributed by atoms with E-state index in [-0.39, 0.29) is 11.4 Å². The monoisotopic (exact) mass is 296 g/mol. The van der Waals surface area contributed by atoms with Crippen LogP contribution in [0.2, 0.25) is 0 Å². The summed E-state index contributed by atoms with van der Waals surface area (Å²) in [6.07, 6.45) is 4.49. The molecule has 0 atom stereocenters. The molecule has 0 bridgehead atoms.